The molecule has 0 radical (unpaired) electrons. The van der Waals surface area contributed by atoms with E-state index in [0.29, 0.717) is 6.54 Å². The number of aromatic nitrogens is 3. The van der Waals surface area contributed by atoms with E-state index in [2.05, 4.69) is 29.5 Å². The zero-order valence-corrected chi connectivity index (χ0v) is 11.6. The van der Waals surface area contributed by atoms with Gasteiger partial charge < -0.3 is 10.1 Å². The van der Waals surface area contributed by atoms with Crippen molar-refractivity contribution in [2.75, 3.05) is 5.32 Å². The summed E-state index contributed by atoms with van der Waals surface area (Å²) in [6.07, 6.45) is 2.99. The van der Waals surface area contributed by atoms with Crippen molar-refractivity contribution >= 4 is 5.69 Å². The molecule has 1 N–H and O–H groups in total. The molecule has 1 heterocycles. The van der Waals surface area contributed by atoms with E-state index in [1.807, 2.05) is 31.3 Å². The molecule has 0 aliphatic heterocycles. The minimum atomic E-state index is 0.233. The van der Waals surface area contributed by atoms with Gasteiger partial charge in [-0.05, 0) is 25.5 Å². The van der Waals surface area contributed by atoms with Gasteiger partial charge in [0.25, 0.3) is 0 Å². The number of anilines is 1. The number of hydrogen-bond donors (Lipinski definition) is 1. The summed E-state index contributed by atoms with van der Waals surface area (Å²) in [6, 6.07) is 7.99. The second kappa shape index (κ2) is 6.22. The van der Waals surface area contributed by atoms with Crippen molar-refractivity contribution < 1.29 is 4.74 Å². The fourth-order valence-electron chi connectivity index (χ4n) is 1.66. The lowest BCUT2D eigenvalue weighted by atomic mass is 10.2. The predicted octanol–water partition coefficient (Wildman–Crippen LogP) is 2.60. The van der Waals surface area contributed by atoms with Crippen LogP contribution in [0.25, 0.3) is 0 Å². The Hall–Kier alpha value is -2.04. The zero-order valence-electron chi connectivity index (χ0n) is 11.6. The third kappa shape index (κ3) is 3.71. The summed E-state index contributed by atoms with van der Waals surface area (Å²) in [7, 11) is 1.88. The summed E-state index contributed by atoms with van der Waals surface area (Å²) in [5.74, 6) is 0.891. The van der Waals surface area contributed by atoms with E-state index in [4.69, 9.17) is 4.74 Å². The van der Waals surface area contributed by atoms with Crippen molar-refractivity contribution in [3.8, 4) is 5.75 Å². The number of nitrogens with zero attached hydrogens (tertiary/aromatic N) is 3. The first kappa shape index (κ1) is 13.4. The molecule has 5 nitrogen and oxygen atoms in total. The molecule has 1 atom stereocenters. The maximum Gasteiger partial charge on any atom is 0.121 e. The average molecular weight is 260 g/mol. The summed E-state index contributed by atoms with van der Waals surface area (Å²) in [6.45, 7) is 4.87. The topological polar surface area (TPSA) is 52.0 Å². The SMILES string of the molecule is CCC(C)Oc1cccc(NCc2cnnn2C)c1. The highest BCUT2D eigenvalue weighted by atomic mass is 16.5. The second-order valence-electron chi connectivity index (χ2n) is 4.57. The Labute approximate surface area is 113 Å². The average Bonchev–Trinajstić information content (AvgIpc) is 2.82. The van der Waals surface area contributed by atoms with Crippen LogP contribution in [0.3, 0.4) is 0 Å². The summed E-state index contributed by atoms with van der Waals surface area (Å²) < 4.78 is 7.55. The molecule has 0 saturated heterocycles. The van der Waals surface area contributed by atoms with Crippen LogP contribution in [0.2, 0.25) is 0 Å². The van der Waals surface area contributed by atoms with Crippen molar-refractivity contribution in [3.05, 3.63) is 36.2 Å². The minimum Gasteiger partial charge on any atom is -0.491 e. The van der Waals surface area contributed by atoms with Crippen molar-refractivity contribution in [2.24, 2.45) is 7.05 Å². The summed E-state index contributed by atoms with van der Waals surface area (Å²) >= 11 is 0. The molecule has 0 saturated carbocycles. The van der Waals surface area contributed by atoms with Crippen LogP contribution < -0.4 is 10.1 Å². The minimum absolute atomic E-state index is 0.233. The van der Waals surface area contributed by atoms with Gasteiger partial charge in [0.15, 0.2) is 0 Å². The number of ether oxygens (including phenoxy) is 1. The van der Waals surface area contributed by atoms with Crippen LogP contribution in [-0.2, 0) is 13.6 Å². The first-order valence-electron chi connectivity index (χ1n) is 6.53. The van der Waals surface area contributed by atoms with E-state index in [1.54, 1.807) is 10.9 Å². The first-order chi connectivity index (χ1) is 9.19. The lowest BCUT2D eigenvalue weighted by molar-refractivity contribution is 0.217. The lowest BCUT2D eigenvalue weighted by Crippen LogP contribution is -2.10. The molecular weight excluding hydrogens is 240 g/mol. The molecule has 0 bridgehead atoms. The number of rotatable bonds is 6. The van der Waals surface area contributed by atoms with E-state index < -0.39 is 0 Å². The van der Waals surface area contributed by atoms with Crippen LogP contribution in [0.5, 0.6) is 5.75 Å². The fraction of sp³-hybridized carbons (Fsp3) is 0.429. The molecule has 1 aromatic carbocycles. The van der Waals surface area contributed by atoms with E-state index in [0.717, 1.165) is 23.6 Å². The normalized spacial score (nSPS) is 12.2. The Morgan fingerprint density at radius 1 is 1.42 bits per heavy atom. The molecule has 2 rings (SSSR count). The summed E-state index contributed by atoms with van der Waals surface area (Å²) in [5.41, 5.74) is 2.07. The van der Waals surface area contributed by atoms with Gasteiger partial charge in [-0.1, -0.05) is 18.2 Å². The number of hydrogen-bond acceptors (Lipinski definition) is 4. The highest BCUT2D eigenvalue weighted by Gasteiger charge is 2.03. The van der Waals surface area contributed by atoms with Gasteiger partial charge in [0.05, 0.1) is 24.5 Å². The van der Waals surface area contributed by atoms with Crippen LogP contribution >= 0.6 is 0 Å². The van der Waals surface area contributed by atoms with Crippen LogP contribution in [0.1, 0.15) is 26.0 Å². The van der Waals surface area contributed by atoms with Crippen molar-refractivity contribution in [2.45, 2.75) is 32.9 Å². The standard InChI is InChI=1S/C14H20N4O/c1-4-11(2)19-14-7-5-6-12(8-14)15-9-13-10-16-17-18(13)3/h5-8,10-11,15H,4,9H2,1-3H3. The lowest BCUT2D eigenvalue weighted by Gasteiger charge is -2.14. The van der Waals surface area contributed by atoms with Gasteiger partial charge in [-0.2, -0.15) is 0 Å². The Kier molecular flexibility index (Phi) is 4.39. The third-order valence-electron chi connectivity index (χ3n) is 3.03. The maximum absolute atomic E-state index is 5.80. The molecule has 1 unspecified atom stereocenters. The van der Waals surface area contributed by atoms with Gasteiger partial charge in [0.1, 0.15) is 5.75 Å². The van der Waals surface area contributed by atoms with Crippen LogP contribution in [0.15, 0.2) is 30.5 Å². The molecule has 0 amide bonds. The smallest absolute Gasteiger partial charge is 0.121 e. The molecule has 0 aliphatic carbocycles. The largest absolute Gasteiger partial charge is 0.491 e. The second-order valence-corrected chi connectivity index (χ2v) is 4.57. The monoisotopic (exact) mass is 260 g/mol. The van der Waals surface area contributed by atoms with Crippen LogP contribution in [-0.4, -0.2) is 21.1 Å². The molecule has 102 valence electrons. The van der Waals surface area contributed by atoms with Gasteiger partial charge in [-0.25, -0.2) is 0 Å². The van der Waals surface area contributed by atoms with Gasteiger partial charge in [-0.15, -0.1) is 5.10 Å². The van der Waals surface area contributed by atoms with E-state index >= 15 is 0 Å². The molecule has 0 spiro atoms. The van der Waals surface area contributed by atoms with Crippen LogP contribution in [0.4, 0.5) is 5.69 Å². The van der Waals surface area contributed by atoms with Gasteiger partial charge in [0, 0.05) is 18.8 Å². The van der Waals surface area contributed by atoms with Crippen LogP contribution in [0, 0.1) is 0 Å². The number of benzene rings is 1. The first-order valence-corrected chi connectivity index (χ1v) is 6.53. The predicted molar refractivity (Wildman–Crippen MR) is 75.2 cm³/mol. The fourth-order valence-corrected chi connectivity index (χ4v) is 1.66. The Bertz CT molecular complexity index is 524. The molecule has 1 aromatic heterocycles. The Morgan fingerprint density at radius 3 is 2.95 bits per heavy atom. The van der Waals surface area contributed by atoms with E-state index in [9.17, 15) is 0 Å². The zero-order chi connectivity index (χ0) is 13.7. The number of aryl methyl sites for hydroxylation is 1. The van der Waals surface area contributed by atoms with Gasteiger partial charge in [0.2, 0.25) is 0 Å². The van der Waals surface area contributed by atoms with Crippen molar-refractivity contribution in [1.29, 1.82) is 0 Å². The Morgan fingerprint density at radius 2 is 2.26 bits per heavy atom. The maximum atomic E-state index is 5.80. The molecule has 0 fully saturated rings. The number of nitrogens with one attached hydrogen (secondary N) is 1. The van der Waals surface area contributed by atoms with E-state index in [1.165, 1.54) is 0 Å². The summed E-state index contributed by atoms with van der Waals surface area (Å²) in [4.78, 5) is 0. The molecule has 2 aromatic rings. The highest BCUT2D eigenvalue weighted by molar-refractivity contribution is 5.48. The Balaban J connectivity index is 1.97. The summed E-state index contributed by atoms with van der Waals surface area (Å²) in [5, 5.41) is 11.1. The molecule has 5 heteroatoms. The molecule has 0 aliphatic rings. The van der Waals surface area contributed by atoms with Gasteiger partial charge >= 0.3 is 0 Å². The quantitative estimate of drug-likeness (QED) is 0.867. The third-order valence-corrected chi connectivity index (χ3v) is 3.03. The molecular formula is C14H20N4O. The van der Waals surface area contributed by atoms with E-state index in [-0.39, 0.29) is 6.10 Å². The van der Waals surface area contributed by atoms with Crippen molar-refractivity contribution in [3.63, 3.8) is 0 Å². The molecule has 19 heavy (non-hydrogen) atoms. The highest BCUT2D eigenvalue weighted by Crippen LogP contribution is 2.19. The van der Waals surface area contributed by atoms with Gasteiger partial charge in [-0.3, -0.25) is 4.68 Å². The van der Waals surface area contributed by atoms with Crippen molar-refractivity contribution in [1.82, 2.24) is 15.0 Å².